The molecule has 0 spiro atoms. The first kappa shape index (κ1) is 28.0. The summed E-state index contributed by atoms with van der Waals surface area (Å²) in [5.74, 6) is 0.142. The molecule has 212 valence electrons. The minimum atomic E-state index is -4.16. The van der Waals surface area contributed by atoms with Gasteiger partial charge in [-0.15, -0.1) is 0 Å². The standard InChI is InChI=1S/C29H30N6O5S/c1-2-40-24-13-11-22(12-14-24)33-29(37)34-17-18-35(25(20-34)28(36)32-19-23-9-3-4-15-30-23)41(38,39)26-10-5-7-21-8-6-16-31-27(21)26/h3-16,25H,2,17-20H2,1H3,(H,32,36)(H,33,37). The first-order valence-electron chi connectivity index (χ1n) is 13.2. The molecule has 0 bridgehead atoms. The summed E-state index contributed by atoms with van der Waals surface area (Å²) < 4.78 is 34.6. The Morgan fingerprint density at radius 3 is 2.49 bits per heavy atom. The molecule has 41 heavy (non-hydrogen) atoms. The number of hydrogen-bond donors (Lipinski definition) is 2. The lowest BCUT2D eigenvalue weighted by atomic mass is 10.2. The third-order valence-corrected chi connectivity index (χ3v) is 8.63. The molecule has 11 nitrogen and oxygen atoms in total. The second-order valence-electron chi connectivity index (χ2n) is 9.34. The SMILES string of the molecule is CCOc1ccc(NC(=O)N2CCN(S(=O)(=O)c3cccc4cccnc34)C(C(=O)NCc3ccccn3)C2)cc1. The summed E-state index contributed by atoms with van der Waals surface area (Å²) in [5.41, 5.74) is 1.49. The monoisotopic (exact) mass is 574 g/mol. The number of nitrogens with one attached hydrogen (secondary N) is 2. The van der Waals surface area contributed by atoms with Crippen molar-refractivity contribution in [3.05, 3.63) is 90.9 Å². The van der Waals surface area contributed by atoms with Crippen molar-refractivity contribution in [2.45, 2.75) is 24.4 Å². The number of carbonyl (C=O) groups excluding carboxylic acids is 2. The van der Waals surface area contributed by atoms with Gasteiger partial charge in [0.05, 0.1) is 24.4 Å². The van der Waals surface area contributed by atoms with E-state index < -0.39 is 28.0 Å². The number of ether oxygens (including phenoxy) is 1. The van der Waals surface area contributed by atoms with Crippen molar-refractivity contribution in [2.24, 2.45) is 0 Å². The Kier molecular flexibility index (Phi) is 8.41. The summed E-state index contributed by atoms with van der Waals surface area (Å²) in [6.07, 6.45) is 3.14. The fourth-order valence-corrected chi connectivity index (χ4v) is 6.40. The van der Waals surface area contributed by atoms with Gasteiger partial charge in [0.15, 0.2) is 0 Å². The number of pyridine rings is 2. The molecule has 1 fully saturated rings. The third-order valence-electron chi connectivity index (χ3n) is 6.69. The van der Waals surface area contributed by atoms with E-state index in [4.69, 9.17) is 4.74 Å². The number of hydrogen-bond acceptors (Lipinski definition) is 7. The summed E-state index contributed by atoms with van der Waals surface area (Å²) in [4.78, 5) is 36.7. The highest BCUT2D eigenvalue weighted by Crippen LogP contribution is 2.27. The van der Waals surface area contributed by atoms with E-state index in [1.165, 1.54) is 17.2 Å². The Labute approximate surface area is 238 Å². The molecule has 0 saturated carbocycles. The van der Waals surface area contributed by atoms with E-state index in [1.54, 1.807) is 72.9 Å². The topological polar surface area (TPSA) is 134 Å². The second kappa shape index (κ2) is 12.3. The Balaban J connectivity index is 1.40. The summed E-state index contributed by atoms with van der Waals surface area (Å²) in [7, 11) is -4.16. The van der Waals surface area contributed by atoms with E-state index in [9.17, 15) is 18.0 Å². The van der Waals surface area contributed by atoms with Gasteiger partial charge in [0.25, 0.3) is 0 Å². The number of para-hydroxylation sites is 1. The number of fused-ring (bicyclic) bond motifs is 1. The maximum atomic E-state index is 14.0. The smallest absolute Gasteiger partial charge is 0.321 e. The van der Waals surface area contributed by atoms with Gasteiger partial charge >= 0.3 is 6.03 Å². The van der Waals surface area contributed by atoms with Crippen molar-refractivity contribution < 1.29 is 22.7 Å². The maximum absolute atomic E-state index is 14.0. The van der Waals surface area contributed by atoms with E-state index in [-0.39, 0.29) is 31.1 Å². The van der Waals surface area contributed by atoms with Crippen LogP contribution < -0.4 is 15.4 Å². The molecule has 4 aromatic rings. The average molecular weight is 575 g/mol. The highest BCUT2D eigenvalue weighted by atomic mass is 32.2. The van der Waals surface area contributed by atoms with Gasteiger partial charge < -0.3 is 20.3 Å². The van der Waals surface area contributed by atoms with Gasteiger partial charge in [-0.3, -0.25) is 14.8 Å². The average Bonchev–Trinajstić information content (AvgIpc) is 3.00. The number of nitrogens with zero attached hydrogens (tertiary/aromatic N) is 4. The lowest BCUT2D eigenvalue weighted by molar-refractivity contribution is -0.126. The van der Waals surface area contributed by atoms with E-state index in [2.05, 4.69) is 20.6 Å². The molecule has 2 aromatic carbocycles. The number of piperazine rings is 1. The first-order chi connectivity index (χ1) is 19.9. The van der Waals surface area contributed by atoms with Crippen LogP contribution >= 0.6 is 0 Å². The molecule has 3 heterocycles. The Bertz CT molecular complexity index is 1630. The molecule has 0 radical (unpaired) electrons. The lowest BCUT2D eigenvalue weighted by Gasteiger charge is -2.39. The van der Waals surface area contributed by atoms with Gasteiger partial charge in [0.2, 0.25) is 15.9 Å². The van der Waals surface area contributed by atoms with Gasteiger partial charge in [-0.2, -0.15) is 4.31 Å². The van der Waals surface area contributed by atoms with Gasteiger partial charge in [-0.05, 0) is 55.5 Å². The highest BCUT2D eigenvalue weighted by Gasteiger charge is 2.42. The summed E-state index contributed by atoms with van der Waals surface area (Å²) in [6, 6.07) is 19.0. The lowest BCUT2D eigenvalue weighted by Crippen LogP contribution is -2.61. The van der Waals surface area contributed by atoms with E-state index in [1.807, 2.05) is 6.92 Å². The van der Waals surface area contributed by atoms with Crippen LogP contribution in [0.5, 0.6) is 5.75 Å². The Morgan fingerprint density at radius 1 is 0.951 bits per heavy atom. The summed E-state index contributed by atoms with van der Waals surface area (Å²) >= 11 is 0. The Morgan fingerprint density at radius 2 is 1.73 bits per heavy atom. The number of urea groups is 1. The van der Waals surface area contributed by atoms with Crippen LogP contribution in [0.25, 0.3) is 10.9 Å². The number of amides is 3. The zero-order valence-corrected chi connectivity index (χ0v) is 23.3. The normalized spacial score (nSPS) is 15.8. The van der Waals surface area contributed by atoms with Crippen LogP contribution in [-0.2, 0) is 21.4 Å². The number of benzene rings is 2. The quantitative estimate of drug-likeness (QED) is 0.330. The van der Waals surface area contributed by atoms with Gasteiger partial charge in [0.1, 0.15) is 16.7 Å². The van der Waals surface area contributed by atoms with Crippen molar-refractivity contribution in [1.82, 2.24) is 24.5 Å². The molecular formula is C29H30N6O5S. The fraction of sp³-hybridized carbons (Fsp3) is 0.241. The van der Waals surface area contributed by atoms with Crippen LogP contribution in [0.15, 0.2) is 90.1 Å². The molecule has 5 rings (SSSR count). The molecule has 2 aromatic heterocycles. The van der Waals surface area contributed by atoms with Crippen molar-refractivity contribution in [3.63, 3.8) is 0 Å². The van der Waals surface area contributed by atoms with Crippen LogP contribution in [0, 0.1) is 0 Å². The highest BCUT2D eigenvalue weighted by molar-refractivity contribution is 7.89. The second-order valence-corrected chi connectivity index (χ2v) is 11.2. The maximum Gasteiger partial charge on any atom is 0.321 e. The molecule has 1 aliphatic heterocycles. The zero-order chi connectivity index (χ0) is 28.8. The number of sulfonamides is 1. The first-order valence-corrected chi connectivity index (χ1v) is 14.6. The predicted octanol–water partition coefficient (Wildman–Crippen LogP) is 3.25. The summed E-state index contributed by atoms with van der Waals surface area (Å²) in [6.45, 7) is 2.38. The molecular weight excluding hydrogens is 544 g/mol. The van der Waals surface area contributed by atoms with Crippen molar-refractivity contribution in [1.29, 1.82) is 0 Å². The van der Waals surface area contributed by atoms with E-state index in [0.29, 0.717) is 34.6 Å². The van der Waals surface area contributed by atoms with Gasteiger partial charge in [-0.1, -0.05) is 24.3 Å². The molecule has 12 heteroatoms. The molecule has 1 saturated heterocycles. The zero-order valence-electron chi connectivity index (χ0n) is 22.4. The van der Waals surface area contributed by atoms with Crippen LogP contribution in [-0.4, -0.2) is 71.8 Å². The molecule has 1 aliphatic rings. The minimum Gasteiger partial charge on any atom is -0.494 e. The van der Waals surface area contributed by atoms with Crippen molar-refractivity contribution in [3.8, 4) is 5.75 Å². The predicted molar refractivity (Wildman–Crippen MR) is 154 cm³/mol. The molecule has 1 atom stereocenters. The number of anilines is 1. The number of rotatable bonds is 8. The van der Waals surface area contributed by atoms with Crippen LogP contribution in [0.2, 0.25) is 0 Å². The molecule has 1 unspecified atom stereocenters. The number of aromatic nitrogens is 2. The van der Waals surface area contributed by atoms with E-state index in [0.717, 1.165) is 4.31 Å². The van der Waals surface area contributed by atoms with Gasteiger partial charge in [0, 0.05) is 43.1 Å². The largest absolute Gasteiger partial charge is 0.494 e. The van der Waals surface area contributed by atoms with Gasteiger partial charge in [-0.25, -0.2) is 13.2 Å². The molecule has 0 aliphatic carbocycles. The fourth-order valence-electron chi connectivity index (χ4n) is 4.66. The minimum absolute atomic E-state index is 0.00501. The third kappa shape index (κ3) is 6.28. The molecule has 2 N–H and O–H groups in total. The molecule has 3 amide bonds. The van der Waals surface area contributed by atoms with E-state index >= 15 is 0 Å². The van der Waals surface area contributed by atoms with Crippen molar-refractivity contribution in [2.75, 3.05) is 31.6 Å². The summed E-state index contributed by atoms with van der Waals surface area (Å²) in [5, 5.41) is 6.28. The Hall–Kier alpha value is -4.55. The van der Waals surface area contributed by atoms with Crippen LogP contribution in [0.1, 0.15) is 12.6 Å². The van der Waals surface area contributed by atoms with Crippen LogP contribution in [0.4, 0.5) is 10.5 Å². The van der Waals surface area contributed by atoms with Crippen molar-refractivity contribution >= 4 is 38.6 Å². The number of carbonyl (C=O) groups is 2. The van der Waals surface area contributed by atoms with Crippen LogP contribution in [0.3, 0.4) is 0 Å².